The maximum atomic E-state index is 11.1. The van der Waals surface area contributed by atoms with Gasteiger partial charge >= 0.3 is 5.97 Å². The van der Waals surface area contributed by atoms with Gasteiger partial charge in [0.05, 0.1) is 5.56 Å². The molecule has 0 saturated carbocycles. The molecule has 0 spiro atoms. The molecule has 17 heavy (non-hydrogen) atoms. The van der Waals surface area contributed by atoms with E-state index in [0.29, 0.717) is 5.56 Å². The highest BCUT2D eigenvalue weighted by atomic mass is 32.2. The van der Waals surface area contributed by atoms with Crippen molar-refractivity contribution in [3.8, 4) is 0 Å². The van der Waals surface area contributed by atoms with Gasteiger partial charge in [0.15, 0.2) is 0 Å². The number of carboxylic acids is 1. The van der Waals surface area contributed by atoms with Gasteiger partial charge in [-0.3, -0.25) is 4.90 Å². The maximum Gasteiger partial charge on any atom is 0.336 e. The Bertz CT molecular complexity index is 387. The predicted octanol–water partition coefficient (Wildman–Crippen LogP) is 2.32. The van der Waals surface area contributed by atoms with Crippen LogP contribution in [-0.2, 0) is 6.54 Å². The van der Waals surface area contributed by atoms with Gasteiger partial charge in [-0.2, -0.15) is 11.8 Å². The van der Waals surface area contributed by atoms with Crippen LogP contribution in [0.5, 0.6) is 0 Å². The van der Waals surface area contributed by atoms with Gasteiger partial charge in [0.1, 0.15) is 0 Å². The Morgan fingerprint density at radius 3 is 2.94 bits per heavy atom. The Balaban J connectivity index is 2.09. The lowest BCUT2D eigenvalue weighted by atomic mass is 10.1. The number of rotatable bonds is 3. The van der Waals surface area contributed by atoms with Gasteiger partial charge in [0.2, 0.25) is 0 Å². The molecule has 0 atom stereocenters. The molecule has 1 aliphatic rings. The van der Waals surface area contributed by atoms with E-state index in [1.807, 2.05) is 23.9 Å². The number of carboxylic acid groups (broad SMARTS) is 1. The van der Waals surface area contributed by atoms with Crippen molar-refractivity contribution in [2.45, 2.75) is 13.0 Å². The van der Waals surface area contributed by atoms with Gasteiger partial charge in [-0.15, -0.1) is 0 Å². The lowest BCUT2D eigenvalue weighted by molar-refractivity contribution is 0.0694. The van der Waals surface area contributed by atoms with Gasteiger partial charge in [0.25, 0.3) is 0 Å². The Kier molecular flexibility index (Phi) is 4.45. The van der Waals surface area contributed by atoms with E-state index in [1.54, 1.807) is 12.1 Å². The second-order valence-electron chi connectivity index (χ2n) is 4.20. The summed E-state index contributed by atoms with van der Waals surface area (Å²) >= 11 is 1.98. The predicted molar refractivity (Wildman–Crippen MR) is 70.6 cm³/mol. The third-order valence-corrected chi connectivity index (χ3v) is 4.01. The zero-order valence-electron chi connectivity index (χ0n) is 9.76. The Morgan fingerprint density at radius 1 is 1.29 bits per heavy atom. The molecular weight excluding hydrogens is 234 g/mol. The third-order valence-electron chi connectivity index (χ3n) is 2.96. The van der Waals surface area contributed by atoms with Crippen LogP contribution < -0.4 is 0 Å². The third kappa shape index (κ3) is 3.48. The molecule has 1 aliphatic heterocycles. The van der Waals surface area contributed by atoms with Crippen LogP contribution in [0.2, 0.25) is 0 Å². The highest BCUT2D eigenvalue weighted by Crippen LogP contribution is 2.15. The van der Waals surface area contributed by atoms with Crippen LogP contribution in [0, 0.1) is 0 Å². The first-order valence-corrected chi connectivity index (χ1v) is 7.04. The average molecular weight is 251 g/mol. The molecule has 0 amide bonds. The summed E-state index contributed by atoms with van der Waals surface area (Å²) < 4.78 is 0. The van der Waals surface area contributed by atoms with Crippen LogP contribution in [0.15, 0.2) is 24.3 Å². The van der Waals surface area contributed by atoms with Gasteiger partial charge in [-0.05, 0) is 30.3 Å². The summed E-state index contributed by atoms with van der Waals surface area (Å²) in [4.78, 5) is 13.5. The SMILES string of the molecule is O=C(O)c1ccccc1CN1CCCSCC1. The van der Waals surface area contributed by atoms with E-state index in [1.165, 1.54) is 12.2 Å². The fraction of sp³-hybridized carbons (Fsp3) is 0.462. The first kappa shape index (κ1) is 12.5. The fourth-order valence-electron chi connectivity index (χ4n) is 2.06. The smallest absolute Gasteiger partial charge is 0.336 e. The summed E-state index contributed by atoms with van der Waals surface area (Å²) in [6, 6.07) is 7.30. The van der Waals surface area contributed by atoms with E-state index >= 15 is 0 Å². The largest absolute Gasteiger partial charge is 0.478 e. The minimum atomic E-state index is -0.829. The first-order valence-electron chi connectivity index (χ1n) is 5.88. The van der Waals surface area contributed by atoms with Crippen LogP contribution in [0.1, 0.15) is 22.3 Å². The molecule has 3 nitrogen and oxygen atoms in total. The van der Waals surface area contributed by atoms with Crippen molar-refractivity contribution in [2.75, 3.05) is 24.6 Å². The highest BCUT2D eigenvalue weighted by molar-refractivity contribution is 7.99. The Morgan fingerprint density at radius 2 is 2.12 bits per heavy atom. The number of benzene rings is 1. The zero-order chi connectivity index (χ0) is 12.1. The number of hydrogen-bond donors (Lipinski definition) is 1. The second-order valence-corrected chi connectivity index (χ2v) is 5.43. The van der Waals surface area contributed by atoms with E-state index in [2.05, 4.69) is 4.90 Å². The molecule has 0 radical (unpaired) electrons. The quantitative estimate of drug-likeness (QED) is 0.895. The van der Waals surface area contributed by atoms with Crippen LogP contribution in [0.25, 0.3) is 0 Å². The minimum Gasteiger partial charge on any atom is -0.478 e. The van der Waals surface area contributed by atoms with Crippen molar-refractivity contribution in [3.05, 3.63) is 35.4 Å². The van der Waals surface area contributed by atoms with Gasteiger partial charge in [0, 0.05) is 18.8 Å². The van der Waals surface area contributed by atoms with E-state index < -0.39 is 5.97 Å². The summed E-state index contributed by atoms with van der Waals surface area (Å²) in [6.07, 6.45) is 1.19. The molecule has 92 valence electrons. The molecule has 0 bridgehead atoms. The lowest BCUT2D eigenvalue weighted by Gasteiger charge is -2.20. The monoisotopic (exact) mass is 251 g/mol. The topological polar surface area (TPSA) is 40.5 Å². The van der Waals surface area contributed by atoms with Crippen LogP contribution in [0.4, 0.5) is 0 Å². The average Bonchev–Trinajstić information content (AvgIpc) is 2.58. The summed E-state index contributed by atoms with van der Waals surface area (Å²) in [6.45, 7) is 2.88. The molecule has 2 rings (SSSR count). The van der Waals surface area contributed by atoms with Gasteiger partial charge in [-0.1, -0.05) is 18.2 Å². The number of nitrogens with zero attached hydrogens (tertiary/aromatic N) is 1. The van der Waals surface area contributed by atoms with Crippen molar-refractivity contribution in [3.63, 3.8) is 0 Å². The van der Waals surface area contributed by atoms with Crippen molar-refractivity contribution in [1.29, 1.82) is 0 Å². The number of hydrogen-bond acceptors (Lipinski definition) is 3. The van der Waals surface area contributed by atoms with Crippen LogP contribution in [-0.4, -0.2) is 40.6 Å². The van der Waals surface area contributed by atoms with Crippen molar-refractivity contribution in [1.82, 2.24) is 4.90 Å². The fourth-order valence-corrected chi connectivity index (χ4v) is 2.99. The van der Waals surface area contributed by atoms with E-state index in [9.17, 15) is 4.79 Å². The van der Waals surface area contributed by atoms with E-state index in [-0.39, 0.29) is 0 Å². The lowest BCUT2D eigenvalue weighted by Crippen LogP contribution is -2.26. The molecule has 1 fully saturated rings. The van der Waals surface area contributed by atoms with Gasteiger partial charge in [-0.25, -0.2) is 4.79 Å². The zero-order valence-corrected chi connectivity index (χ0v) is 10.6. The molecular formula is C13H17NO2S. The molecule has 1 aromatic carbocycles. The Labute approximate surface area is 106 Å². The molecule has 0 aromatic heterocycles. The summed E-state index contributed by atoms with van der Waals surface area (Å²) in [5, 5.41) is 9.13. The maximum absolute atomic E-state index is 11.1. The van der Waals surface area contributed by atoms with Crippen molar-refractivity contribution < 1.29 is 9.90 Å². The molecule has 1 aromatic rings. The van der Waals surface area contributed by atoms with E-state index in [0.717, 1.165) is 31.0 Å². The standard InChI is InChI=1S/C13H17NO2S/c15-13(16)12-5-2-1-4-11(12)10-14-6-3-8-17-9-7-14/h1-2,4-5H,3,6-10H2,(H,15,16). The first-order chi connectivity index (χ1) is 8.27. The van der Waals surface area contributed by atoms with Crippen molar-refractivity contribution >= 4 is 17.7 Å². The normalized spacial score (nSPS) is 17.6. The number of aromatic carboxylic acids is 1. The summed E-state index contributed by atoms with van der Waals surface area (Å²) in [5.41, 5.74) is 1.36. The summed E-state index contributed by atoms with van der Waals surface area (Å²) in [5.74, 6) is 1.54. The van der Waals surface area contributed by atoms with Crippen molar-refractivity contribution in [2.24, 2.45) is 0 Å². The Hall–Kier alpha value is -1.00. The van der Waals surface area contributed by atoms with Crippen LogP contribution in [0.3, 0.4) is 0 Å². The van der Waals surface area contributed by atoms with E-state index in [4.69, 9.17) is 5.11 Å². The second kappa shape index (κ2) is 6.07. The molecule has 1 heterocycles. The number of thioether (sulfide) groups is 1. The minimum absolute atomic E-state index is 0.435. The number of carbonyl (C=O) groups is 1. The van der Waals surface area contributed by atoms with Gasteiger partial charge < -0.3 is 5.11 Å². The molecule has 1 N–H and O–H groups in total. The summed E-state index contributed by atoms with van der Waals surface area (Å²) in [7, 11) is 0. The molecule has 0 aliphatic carbocycles. The van der Waals surface area contributed by atoms with Crippen LogP contribution >= 0.6 is 11.8 Å². The molecule has 4 heteroatoms. The highest BCUT2D eigenvalue weighted by Gasteiger charge is 2.14. The molecule has 0 unspecified atom stereocenters. The molecule has 1 saturated heterocycles.